The van der Waals surface area contributed by atoms with E-state index in [4.69, 9.17) is 5.26 Å². The van der Waals surface area contributed by atoms with Crippen molar-refractivity contribution in [3.63, 3.8) is 0 Å². The molecule has 1 aliphatic heterocycles. The number of carbonyl (C=O) groups is 1. The van der Waals surface area contributed by atoms with Gasteiger partial charge in [0.05, 0.1) is 11.6 Å². The zero-order valence-electron chi connectivity index (χ0n) is 10.5. The highest BCUT2D eigenvalue weighted by Crippen LogP contribution is 2.18. The summed E-state index contributed by atoms with van der Waals surface area (Å²) in [6.45, 7) is 2.56. The number of hydrogen-bond donors (Lipinski definition) is 1. The van der Waals surface area contributed by atoms with E-state index in [1.807, 2.05) is 11.9 Å². The molecule has 1 aliphatic rings. The molecular formula is C14H17N3O. The van der Waals surface area contributed by atoms with Gasteiger partial charge in [0.1, 0.15) is 0 Å². The number of nitriles is 1. The van der Waals surface area contributed by atoms with Crippen LogP contribution in [0.1, 0.15) is 22.3 Å². The Kier molecular flexibility index (Phi) is 3.96. The minimum Gasteiger partial charge on any atom is -0.338 e. The summed E-state index contributed by atoms with van der Waals surface area (Å²) in [4.78, 5) is 14.1. The van der Waals surface area contributed by atoms with Crippen LogP contribution in [0.3, 0.4) is 0 Å². The van der Waals surface area contributed by atoms with Gasteiger partial charge in [-0.15, -0.1) is 0 Å². The van der Waals surface area contributed by atoms with E-state index >= 15 is 0 Å². The SMILES string of the molecule is CNCC1CCN(C(=O)c2cccc(C#N)c2)C1. The molecule has 1 unspecified atom stereocenters. The number of nitrogens with one attached hydrogen (secondary N) is 1. The molecule has 1 atom stereocenters. The van der Waals surface area contributed by atoms with Gasteiger partial charge in [0.2, 0.25) is 0 Å². The number of nitrogens with zero attached hydrogens (tertiary/aromatic N) is 2. The molecule has 4 nitrogen and oxygen atoms in total. The van der Waals surface area contributed by atoms with Crippen LogP contribution >= 0.6 is 0 Å². The minimum atomic E-state index is 0.0331. The highest BCUT2D eigenvalue weighted by atomic mass is 16.2. The van der Waals surface area contributed by atoms with Gasteiger partial charge in [-0.2, -0.15) is 5.26 Å². The fraction of sp³-hybridized carbons (Fsp3) is 0.429. The highest BCUT2D eigenvalue weighted by molar-refractivity contribution is 5.94. The molecule has 1 amide bonds. The summed E-state index contributed by atoms with van der Waals surface area (Å²) in [6, 6.07) is 8.96. The minimum absolute atomic E-state index is 0.0331. The first-order chi connectivity index (χ1) is 8.74. The van der Waals surface area contributed by atoms with Gasteiger partial charge in [-0.25, -0.2) is 0 Å². The second-order valence-electron chi connectivity index (χ2n) is 4.66. The number of amides is 1. The summed E-state index contributed by atoms with van der Waals surface area (Å²) in [6.07, 6.45) is 1.05. The highest BCUT2D eigenvalue weighted by Gasteiger charge is 2.26. The van der Waals surface area contributed by atoms with E-state index < -0.39 is 0 Å². The van der Waals surface area contributed by atoms with Crippen LogP contribution in [0.25, 0.3) is 0 Å². The van der Waals surface area contributed by atoms with Crippen LogP contribution in [0, 0.1) is 17.2 Å². The average Bonchev–Trinajstić information content (AvgIpc) is 2.87. The Hall–Kier alpha value is -1.86. The summed E-state index contributed by atoms with van der Waals surface area (Å²) < 4.78 is 0. The average molecular weight is 243 g/mol. The predicted octanol–water partition coefficient (Wildman–Crippen LogP) is 1.24. The summed E-state index contributed by atoms with van der Waals surface area (Å²) in [5.41, 5.74) is 1.14. The van der Waals surface area contributed by atoms with E-state index in [0.29, 0.717) is 17.0 Å². The molecule has 1 aromatic carbocycles. The maximum absolute atomic E-state index is 12.3. The first-order valence-corrected chi connectivity index (χ1v) is 6.18. The van der Waals surface area contributed by atoms with Crippen molar-refractivity contribution in [1.29, 1.82) is 5.26 Å². The first kappa shape index (κ1) is 12.6. The fourth-order valence-corrected chi connectivity index (χ4v) is 2.38. The molecule has 94 valence electrons. The molecule has 0 aromatic heterocycles. The van der Waals surface area contributed by atoms with Gasteiger partial charge in [0, 0.05) is 18.7 Å². The maximum atomic E-state index is 12.3. The topological polar surface area (TPSA) is 56.1 Å². The van der Waals surface area contributed by atoms with E-state index in [1.54, 1.807) is 24.3 Å². The largest absolute Gasteiger partial charge is 0.338 e. The van der Waals surface area contributed by atoms with Crippen LogP contribution < -0.4 is 5.32 Å². The molecule has 0 bridgehead atoms. The second kappa shape index (κ2) is 5.65. The monoisotopic (exact) mass is 243 g/mol. The van der Waals surface area contributed by atoms with Crippen molar-refractivity contribution in [3.8, 4) is 6.07 Å². The molecule has 0 spiro atoms. The molecule has 1 heterocycles. The van der Waals surface area contributed by atoms with Crippen molar-refractivity contribution in [2.45, 2.75) is 6.42 Å². The lowest BCUT2D eigenvalue weighted by atomic mass is 10.1. The van der Waals surface area contributed by atoms with Crippen LogP contribution in [0.2, 0.25) is 0 Å². The molecule has 0 radical (unpaired) electrons. The van der Waals surface area contributed by atoms with Gasteiger partial charge in [-0.1, -0.05) is 6.07 Å². The summed E-state index contributed by atoms with van der Waals surface area (Å²) >= 11 is 0. The Morgan fingerprint density at radius 2 is 2.44 bits per heavy atom. The lowest BCUT2D eigenvalue weighted by Crippen LogP contribution is -2.30. The van der Waals surface area contributed by atoms with Gasteiger partial charge in [-0.3, -0.25) is 4.79 Å². The quantitative estimate of drug-likeness (QED) is 0.869. The van der Waals surface area contributed by atoms with Crippen LogP contribution in [-0.4, -0.2) is 37.5 Å². The van der Waals surface area contributed by atoms with E-state index in [0.717, 1.165) is 26.1 Å². The van der Waals surface area contributed by atoms with Crippen molar-refractivity contribution in [2.24, 2.45) is 5.92 Å². The molecule has 0 aliphatic carbocycles. The third-order valence-corrected chi connectivity index (χ3v) is 3.30. The Labute approximate surface area is 107 Å². The summed E-state index contributed by atoms with van der Waals surface area (Å²) in [5, 5.41) is 12.0. The number of rotatable bonds is 3. The number of likely N-dealkylation sites (tertiary alicyclic amines) is 1. The maximum Gasteiger partial charge on any atom is 0.253 e. The van der Waals surface area contributed by atoms with Gasteiger partial charge < -0.3 is 10.2 Å². The number of benzene rings is 1. The normalized spacial score (nSPS) is 18.7. The Bertz CT molecular complexity index is 478. The molecule has 1 fully saturated rings. The zero-order chi connectivity index (χ0) is 13.0. The van der Waals surface area contributed by atoms with Crippen molar-refractivity contribution in [2.75, 3.05) is 26.7 Å². The molecular weight excluding hydrogens is 226 g/mol. The first-order valence-electron chi connectivity index (χ1n) is 6.18. The second-order valence-corrected chi connectivity index (χ2v) is 4.66. The van der Waals surface area contributed by atoms with Crippen LogP contribution in [0.4, 0.5) is 0 Å². The number of hydrogen-bond acceptors (Lipinski definition) is 3. The van der Waals surface area contributed by atoms with Gasteiger partial charge in [0.25, 0.3) is 5.91 Å². The van der Waals surface area contributed by atoms with Crippen LogP contribution in [0.15, 0.2) is 24.3 Å². The fourth-order valence-electron chi connectivity index (χ4n) is 2.38. The van der Waals surface area contributed by atoms with Crippen molar-refractivity contribution >= 4 is 5.91 Å². The van der Waals surface area contributed by atoms with Crippen LogP contribution in [-0.2, 0) is 0 Å². The van der Waals surface area contributed by atoms with Gasteiger partial charge in [-0.05, 0) is 44.1 Å². The Morgan fingerprint density at radius 1 is 1.61 bits per heavy atom. The predicted molar refractivity (Wildman–Crippen MR) is 69.1 cm³/mol. The van der Waals surface area contributed by atoms with Crippen molar-refractivity contribution in [3.05, 3.63) is 35.4 Å². The standard InChI is InChI=1S/C14H17N3O/c1-16-9-12-5-6-17(10-12)14(18)13-4-2-3-11(7-13)8-15/h2-4,7,12,16H,5-6,9-10H2,1H3. The molecule has 1 saturated heterocycles. The zero-order valence-corrected chi connectivity index (χ0v) is 10.5. The Morgan fingerprint density at radius 3 is 3.17 bits per heavy atom. The molecule has 4 heteroatoms. The lowest BCUT2D eigenvalue weighted by Gasteiger charge is -2.16. The smallest absolute Gasteiger partial charge is 0.253 e. The van der Waals surface area contributed by atoms with Crippen molar-refractivity contribution < 1.29 is 4.79 Å². The number of carbonyl (C=O) groups excluding carboxylic acids is 1. The lowest BCUT2D eigenvalue weighted by molar-refractivity contribution is 0.0787. The summed E-state index contributed by atoms with van der Waals surface area (Å²) in [5.74, 6) is 0.573. The van der Waals surface area contributed by atoms with Gasteiger partial charge in [0.15, 0.2) is 0 Å². The Balaban J connectivity index is 2.06. The molecule has 1 N–H and O–H groups in total. The molecule has 18 heavy (non-hydrogen) atoms. The van der Waals surface area contributed by atoms with E-state index in [9.17, 15) is 4.79 Å². The molecule has 2 rings (SSSR count). The van der Waals surface area contributed by atoms with E-state index in [-0.39, 0.29) is 5.91 Å². The van der Waals surface area contributed by atoms with Crippen LogP contribution in [0.5, 0.6) is 0 Å². The third kappa shape index (κ3) is 2.69. The van der Waals surface area contributed by atoms with Gasteiger partial charge >= 0.3 is 0 Å². The molecule has 1 aromatic rings. The van der Waals surface area contributed by atoms with E-state index in [2.05, 4.69) is 11.4 Å². The molecule has 0 saturated carbocycles. The summed E-state index contributed by atoms with van der Waals surface area (Å²) in [7, 11) is 1.93. The van der Waals surface area contributed by atoms with Crippen molar-refractivity contribution in [1.82, 2.24) is 10.2 Å². The van der Waals surface area contributed by atoms with E-state index in [1.165, 1.54) is 0 Å². The third-order valence-electron chi connectivity index (χ3n) is 3.30.